The monoisotopic (exact) mass is 358 g/mol. The Kier molecular flexibility index (Phi) is 4.48. The van der Waals surface area contributed by atoms with Crippen LogP contribution < -0.4 is 5.56 Å². The predicted octanol–water partition coefficient (Wildman–Crippen LogP) is 2.56. The molecule has 132 valence electrons. The van der Waals surface area contributed by atoms with Gasteiger partial charge >= 0.3 is 0 Å². The SMILES string of the molecule is COCCC(=O)N1C[C@H]2C[C@H](C1)c1c(-c3cccs3)ccc(=O)n1C2. The summed E-state index contributed by atoms with van der Waals surface area (Å²) in [6.45, 7) is 2.61. The molecule has 0 aromatic carbocycles. The van der Waals surface area contributed by atoms with Crippen LogP contribution in [0.4, 0.5) is 0 Å². The molecule has 1 saturated heterocycles. The van der Waals surface area contributed by atoms with Crippen LogP contribution >= 0.6 is 11.3 Å². The van der Waals surface area contributed by atoms with Crippen LogP contribution in [0.25, 0.3) is 10.4 Å². The number of hydrogen-bond donors (Lipinski definition) is 0. The van der Waals surface area contributed by atoms with Crippen LogP contribution in [0, 0.1) is 5.92 Å². The molecule has 2 atom stereocenters. The summed E-state index contributed by atoms with van der Waals surface area (Å²) in [6.07, 6.45) is 1.48. The number of pyridine rings is 1. The number of likely N-dealkylation sites (tertiary alicyclic amines) is 1. The fourth-order valence-corrected chi connectivity index (χ4v) is 4.97. The second-order valence-corrected chi connectivity index (χ2v) is 7.85. The number of aromatic nitrogens is 1. The minimum absolute atomic E-state index is 0.0733. The van der Waals surface area contributed by atoms with Crippen LogP contribution in [0.15, 0.2) is 34.4 Å². The number of ether oxygens (including phenoxy) is 1. The van der Waals surface area contributed by atoms with Crippen LogP contribution in [0.3, 0.4) is 0 Å². The van der Waals surface area contributed by atoms with Crippen molar-refractivity contribution in [2.24, 2.45) is 5.92 Å². The van der Waals surface area contributed by atoms with Crippen LogP contribution in [0.1, 0.15) is 24.5 Å². The fourth-order valence-electron chi connectivity index (χ4n) is 4.21. The van der Waals surface area contributed by atoms with Crippen molar-refractivity contribution in [3.63, 3.8) is 0 Å². The summed E-state index contributed by atoms with van der Waals surface area (Å²) in [6, 6.07) is 7.77. The number of hydrogen-bond acceptors (Lipinski definition) is 4. The van der Waals surface area contributed by atoms with Crippen molar-refractivity contribution in [1.82, 2.24) is 9.47 Å². The highest BCUT2D eigenvalue weighted by atomic mass is 32.1. The zero-order chi connectivity index (χ0) is 17.4. The second kappa shape index (κ2) is 6.77. The van der Waals surface area contributed by atoms with Crippen molar-refractivity contribution in [3.8, 4) is 10.4 Å². The van der Waals surface area contributed by atoms with Gasteiger partial charge in [0.25, 0.3) is 5.56 Å². The maximum atomic E-state index is 12.5. The van der Waals surface area contributed by atoms with Crippen LogP contribution in [-0.2, 0) is 16.1 Å². The smallest absolute Gasteiger partial charge is 0.250 e. The molecule has 1 amide bonds. The van der Waals surface area contributed by atoms with E-state index in [0.717, 1.165) is 24.2 Å². The average Bonchev–Trinajstić information content (AvgIpc) is 3.14. The molecular formula is C19H22N2O3S. The second-order valence-electron chi connectivity index (χ2n) is 6.90. The molecule has 0 saturated carbocycles. The van der Waals surface area contributed by atoms with E-state index in [1.807, 2.05) is 21.6 Å². The van der Waals surface area contributed by atoms with Gasteiger partial charge in [-0.1, -0.05) is 6.07 Å². The van der Waals surface area contributed by atoms with E-state index < -0.39 is 0 Å². The lowest BCUT2D eigenvalue weighted by atomic mass is 9.81. The first-order valence-corrected chi connectivity index (χ1v) is 9.59. The molecule has 2 aromatic rings. The van der Waals surface area contributed by atoms with Crippen molar-refractivity contribution in [2.45, 2.75) is 25.3 Å². The zero-order valence-electron chi connectivity index (χ0n) is 14.3. The predicted molar refractivity (Wildman–Crippen MR) is 97.9 cm³/mol. The Morgan fingerprint density at radius 2 is 2.16 bits per heavy atom. The van der Waals surface area contributed by atoms with Crippen molar-refractivity contribution in [1.29, 1.82) is 0 Å². The van der Waals surface area contributed by atoms with Crippen molar-refractivity contribution in [2.75, 3.05) is 26.8 Å². The summed E-state index contributed by atoms with van der Waals surface area (Å²) in [7, 11) is 1.62. The Labute approximate surface area is 150 Å². The highest BCUT2D eigenvalue weighted by molar-refractivity contribution is 7.13. The molecule has 0 aliphatic carbocycles. The number of amides is 1. The largest absolute Gasteiger partial charge is 0.384 e. The zero-order valence-corrected chi connectivity index (χ0v) is 15.1. The average molecular weight is 358 g/mol. The normalized spacial score (nSPS) is 21.9. The van der Waals surface area contributed by atoms with E-state index in [-0.39, 0.29) is 17.4 Å². The van der Waals surface area contributed by atoms with Crippen molar-refractivity contribution >= 4 is 17.2 Å². The third-order valence-electron chi connectivity index (χ3n) is 5.25. The first-order valence-electron chi connectivity index (χ1n) is 8.71. The summed E-state index contributed by atoms with van der Waals surface area (Å²) in [4.78, 5) is 28.1. The maximum Gasteiger partial charge on any atom is 0.250 e. The van der Waals surface area contributed by atoms with Crippen molar-refractivity contribution < 1.29 is 9.53 Å². The quantitative estimate of drug-likeness (QED) is 0.844. The van der Waals surface area contributed by atoms with Gasteiger partial charge in [0.15, 0.2) is 0 Å². The minimum atomic E-state index is 0.0733. The van der Waals surface area contributed by atoms with Gasteiger partial charge in [-0.15, -0.1) is 11.3 Å². The van der Waals surface area contributed by atoms with Gasteiger partial charge in [-0.3, -0.25) is 9.59 Å². The van der Waals surface area contributed by atoms with Crippen LogP contribution in [0.2, 0.25) is 0 Å². The molecule has 0 radical (unpaired) electrons. The molecule has 6 heteroatoms. The highest BCUT2D eigenvalue weighted by Crippen LogP contribution is 2.40. The van der Waals surface area contributed by atoms with E-state index in [1.165, 1.54) is 4.88 Å². The number of nitrogens with zero attached hydrogens (tertiary/aromatic N) is 2. The molecule has 2 aromatic heterocycles. The Hall–Kier alpha value is -1.92. The van der Waals surface area contributed by atoms with Gasteiger partial charge in [-0.2, -0.15) is 0 Å². The van der Waals surface area contributed by atoms with E-state index in [9.17, 15) is 9.59 Å². The lowest BCUT2D eigenvalue weighted by molar-refractivity contribution is -0.134. The minimum Gasteiger partial charge on any atom is -0.384 e. The maximum absolute atomic E-state index is 12.5. The molecule has 2 bridgehead atoms. The third kappa shape index (κ3) is 3.04. The third-order valence-corrected chi connectivity index (χ3v) is 6.15. The topological polar surface area (TPSA) is 51.5 Å². The molecule has 2 aliphatic rings. The molecule has 4 heterocycles. The Morgan fingerprint density at radius 1 is 1.28 bits per heavy atom. The van der Waals surface area contributed by atoms with Gasteiger partial charge in [0, 0.05) is 54.9 Å². The number of carbonyl (C=O) groups excluding carboxylic acids is 1. The molecule has 0 N–H and O–H groups in total. The van der Waals surface area contributed by atoms with E-state index in [0.29, 0.717) is 32.0 Å². The van der Waals surface area contributed by atoms with Crippen molar-refractivity contribution in [3.05, 3.63) is 45.7 Å². The summed E-state index contributed by atoms with van der Waals surface area (Å²) < 4.78 is 7.00. The highest BCUT2D eigenvalue weighted by Gasteiger charge is 2.37. The summed E-state index contributed by atoms with van der Waals surface area (Å²) in [5.74, 6) is 0.736. The summed E-state index contributed by atoms with van der Waals surface area (Å²) >= 11 is 1.69. The van der Waals surface area contributed by atoms with Gasteiger partial charge < -0.3 is 14.2 Å². The summed E-state index contributed by atoms with van der Waals surface area (Å²) in [5, 5.41) is 2.06. The van der Waals surface area contributed by atoms with Gasteiger partial charge in [-0.25, -0.2) is 0 Å². The molecular weight excluding hydrogens is 336 g/mol. The fraction of sp³-hybridized carbons (Fsp3) is 0.474. The van der Waals surface area contributed by atoms with Gasteiger partial charge in [0.05, 0.1) is 13.0 Å². The van der Waals surface area contributed by atoms with Crippen LogP contribution in [0.5, 0.6) is 0 Å². The van der Waals surface area contributed by atoms with Gasteiger partial charge in [-0.05, 0) is 29.9 Å². The molecule has 5 nitrogen and oxygen atoms in total. The number of fused-ring (bicyclic) bond motifs is 4. The number of methoxy groups -OCH3 is 1. The molecule has 0 spiro atoms. The molecule has 4 rings (SSSR count). The van der Waals surface area contributed by atoms with Gasteiger partial charge in [0.2, 0.25) is 5.91 Å². The van der Waals surface area contributed by atoms with Crippen LogP contribution in [-0.4, -0.2) is 42.2 Å². The first kappa shape index (κ1) is 16.5. The molecule has 0 unspecified atom stereocenters. The Morgan fingerprint density at radius 3 is 2.92 bits per heavy atom. The first-order chi connectivity index (χ1) is 12.2. The number of carbonyl (C=O) groups is 1. The Balaban J connectivity index is 1.70. The van der Waals surface area contributed by atoms with Gasteiger partial charge in [0.1, 0.15) is 0 Å². The molecule has 25 heavy (non-hydrogen) atoms. The van der Waals surface area contributed by atoms with E-state index >= 15 is 0 Å². The number of piperidine rings is 1. The standard InChI is InChI=1S/C19H22N2O3S/c1-24-7-6-17(22)20-10-13-9-14(12-20)19-15(16-3-2-8-25-16)4-5-18(23)21(19)11-13/h2-5,8,13-14H,6-7,9-12H2,1H3/t13-,14-/m1/s1. The van der Waals surface area contributed by atoms with E-state index in [2.05, 4.69) is 11.4 Å². The number of thiophene rings is 1. The summed E-state index contributed by atoms with van der Waals surface area (Å²) in [5.41, 5.74) is 2.32. The lowest BCUT2D eigenvalue weighted by Gasteiger charge is -2.43. The van der Waals surface area contributed by atoms with E-state index in [1.54, 1.807) is 24.5 Å². The molecule has 1 fully saturated rings. The molecule has 2 aliphatic heterocycles. The number of rotatable bonds is 4. The lowest BCUT2D eigenvalue weighted by Crippen LogP contribution is -2.49. The van der Waals surface area contributed by atoms with E-state index in [4.69, 9.17) is 4.74 Å². The Bertz CT molecular complexity index is 828.